The third kappa shape index (κ3) is 4.94. The maximum Gasteiger partial charge on any atom is 0.573 e. The summed E-state index contributed by atoms with van der Waals surface area (Å²) in [6.45, 7) is 1.86. The van der Waals surface area contributed by atoms with Crippen molar-refractivity contribution < 1.29 is 44.3 Å². The fourth-order valence-electron chi connectivity index (χ4n) is 4.33. The van der Waals surface area contributed by atoms with Crippen LogP contribution in [-0.4, -0.2) is 6.36 Å². The Kier molecular flexibility index (Phi) is 6.81. The molecular weight excluding hydrogens is 499 g/mol. The molecule has 0 bridgehead atoms. The smallest absolute Gasteiger partial charge is 0.399 e. The molecule has 0 spiro atoms. The van der Waals surface area contributed by atoms with Gasteiger partial charge in [-0.2, -0.15) is 0 Å². The van der Waals surface area contributed by atoms with E-state index in [-0.39, 0.29) is 35.1 Å². The van der Waals surface area contributed by atoms with Crippen LogP contribution in [0.15, 0.2) is 30.3 Å². The standard InChI is InChI=1S/C26H17F9O/c1-2-3-12-6-17(27)22(18(28)7-12)13-4-5-16-14(8-13)9-19(29)23(24(16)32)15-10-20(30)25(21(31)11-15)36-26(33,34)35/h6-11H,2-5H2,1H3. The van der Waals surface area contributed by atoms with E-state index in [1.165, 1.54) is 18.2 Å². The summed E-state index contributed by atoms with van der Waals surface area (Å²) in [4.78, 5) is 0. The molecule has 0 radical (unpaired) electrons. The number of alkyl halides is 3. The Morgan fingerprint density at radius 1 is 0.750 bits per heavy atom. The minimum absolute atomic E-state index is 0.0168. The summed E-state index contributed by atoms with van der Waals surface area (Å²) in [5, 5.41) is 0. The van der Waals surface area contributed by atoms with Crippen molar-refractivity contribution in [2.75, 3.05) is 0 Å². The Morgan fingerprint density at radius 3 is 1.89 bits per heavy atom. The number of ether oxygens (including phenoxy) is 1. The molecule has 10 heteroatoms. The van der Waals surface area contributed by atoms with Crippen molar-refractivity contribution in [1.82, 2.24) is 0 Å². The van der Waals surface area contributed by atoms with E-state index in [1.54, 1.807) is 0 Å². The van der Waals surface area contributed by atoms with E-state index in [1.807, 2.05) is 6.92 Å². The van der Waals surface area contributed by atoms with Crippen LogP contribution in [0.25, 0.3) is 22.8 Å². The Balaban J connectivity index is 1.77. The lowest BCUT2D eigenvalue weighted by Gasteiger charge is -2.21. The molecule has 0 aliphatic heterocycles. The fourth-order valence-corrected chi connectivity index (χ4v) is 4.33. The van der Waals surface area contributed by atoms with Crippen LogP contribution in [0.1, 0.15) is 42.0 Å². The van der Waals surface area contributed by atoms with Crippen LogP contribution >= 0.6 is 0 Å². The van der Waals surface area contributed by atoms with E-state index in [0.717, 1.165) is 6.07 Å². The lowest BCUT2D eigenvalue weighted by atomic mass is 9.85. The summed E-state index contributed by atoms with van der Waals surface area (Å²) >= 11 is 0. The molecule has 0 atom stereocenters. The van der Waals surface area contributed by atoms with Gasteiger partial charge < -0.3 is 4.74 Å². The quantitative estimate of drug-likeness (QED) is 0.309. The lowest BCUT2D eigenvalue weighted by Crippen LogP contribution is -2.19. The maximum absolute atomic E-state index is 15.3. The van der Waals surface area contributed by atoms with E-state index >= 15 is 4.39 Å². The first-order chi connectivity index (χ1) is 16.9. The molecule has 0 saturated heterocycles. The molecule has 0 aromatic heterocycles. The van der Waals surface area contributed by atoms with Crippen molar-refractivity contribution in [1.29, 1.82) is 0 Å². The molecule has 190 valence electrons. The Labute approximate surface area is 199 Å². The predicted molar refractivity (Wildman–Crippen MR) is 115 cm³/mol. The molecule has 0 unspecified atom stereocenters. The molecule has 0 N–H and O–H groups in total. The van der Waals surface area contributed by atoms with Crippen LogP contribution in [0.3, 0.4) is 0 Å². The van der Waals surface area contributed by atoms with Crippen LogP contribution < -0.4 is 4.74 Å². The van der Waals surface area contributed by atoms with Gasteiger partial charge >= 0.3 is 6.36 Å². The van der Waals surface area contributed by atoms with Gasteiger partial charge in [0.25, 0.3) is 0 Å². The number of rotatable bonds is 5. The molecule has 1 nitrogen and oxygen atoms in total. The highest BCUT2D eigenvalue weighted by molar-refractivity contribution is 5.86. The van der Waals surface area contributed by atoms with Gasteiger partial charge in [0.15, 0.2) is 11.6 Å². The largest absolute Gasteiger partial charge is 0.573 e. The normalized spacial score (nSPS) is 13.4. The second kappa shape index (κ2) is 9.55. The zero-order valence-electron chi connectivity index (χ0n) is 18.6. The van der Waals surface area contributed by atoms with Crippen molar-refractivity contribution in [2.45, 2.75) is 39.0 Å². The molecule has 0 fully saturated rings. The van der Waals surface area contributed by atoms with Gasteiger partial charge in [-0.15, -0.1) is 13.2 Å². The van der Waals surface area contributed by atoms with Gasteiger partial charge in [0.1, 0.15) is 23.3 Å². The highest BCUT2D eigenvalue weighted by atomic mass is 19.4. The second-order valence-electron chi connectivity index (χ2n) is 8.29. The lowest BCUT2D eigenvalue weighted by molar-refractivity contribution is -0.276. The molecule has 1 aliphatic rings. The molecule has 3 aromatic carbocycles. The second-order valence-corrected chi connectivity index (χ2v) is 8.29. The average molecular weight is 516 g/mol. The zero-order chi connectivity index (χ0) is 26.4. The molecule has 3 aromatic rings. The van der Waals surface area contributed by atoms with Crippen LogP contribution in [0.2, 0.25) is 0 Å². The number of halogens is 9. The maximum atomic E-state index is 15.3. The van der Waals surface area contributed by atoms with E-state index in [4.69, 9.17) is 0 Å². The van der Waals surface area contributed by atoms with Crippen LogP contribution in [0, 0.1) is 34.9 Å². The van der Waals surface area contributed by atoms with Crippen molar-refractivity contribution in [3.63, 3.8) is 0 Å². The highest BCUT2D eigenvalue weighted by Crippen LogP contribution is 2.40. The van der Waals surface area contributed by atoms with E-state index in [2.05, 4.69) is 4.74 Å². The summed E-state index contributed by atoms with van der Waals surface area (Å²) in [5.74, 6) is -9.45. The highest BCUT2D eigenvalue weighted by Gasteiger charge is 2.34. The van der Waals surface area contributed by atoms with Crippen LogP contribution in [0.5, 0.6) is 5.75 Å². The van der Waals surface area contributed by atoms with Crippen LogP contribution in [-0.2, 0) is 12.8 Å². The minimum atomic E-state index is -5.38. The first kappa shape index (κ1) is 25.7. The summed E-state index contributed by atoms with van der Waals surface area (Å²) in [5.41, 5.74) is -1.30. The number of allylic oxidation sites excluding steroid dienone is 1. The molecule has 0 heterocycles. The third-order valence-electron chi connectivity index (χ3n) is 5.79. The summed E-state index contributed by atoms with van der Waals surface area (Å²) in [7, 11) is 0. The minimum Gasteiger partial charge on any atom is -0.399 e. The Morgan fingerprint density at radius 2 is 1.33 bits per heavy atom. The van der Waals surface area contributed by atoms with Crippen molar-refractivity contribution in [2.24, 2.45) is 0 Å². The van der Waals surface area contributed by atoms with Crippen molar-refractivity contribution in [3.05, 3.63) is 87.5 Å². The van der Waals surface area contributed by atoms with Gasteiger partial charge in [0, 0.05) is 5.56 Å². The SMILES string of the molecule is CCCc1cc(F)c(C2=Cc3cc(F)c(-c4cc(F)c(OC(F)(F)F)c(F)c4)c(F)c3CC2)c(F)c1. The number of hydrogen-bond acceptors (Lipinski definition) is 1. The van der Waals surface area contributed by atoms with E-state index < -0.39 is 58.1 Å². The first-order valence-corrected chi connectivity index (χ1v) is 10.8. The Hall–Kier alpha value is -3.43. The van der Waals surface area contributed by atoms with Crippen molar-refractivity contribution in [3.8, 4) is 16.9 Å². The average Bonchev–Trinajstić information content (AvgIpc) is 2.75. The van der Waals surface area contributed by atoms with Gasteiger partial charge in [-0.25, -0.2) is 26.3 Å². The summed E-state index contributed by atoms with van der Waals surface area (Å²) in [6.07, 6.45) is -3.13. The fraction of sp³-hybridized carbons (Fsp3) is 0.231. The Bertz CT molecular complexity index is 1330. The monoisotopic (exact) mass is 516 g/mol. The van der Waals surface area contributed by atoms with Gasteiger partial charge in [-0.05, 0) is 77.4 Å². The number of fused-ring (bicyclic) bond motifs is 1. The molecule has 1 aliphatic carbocycles. The van der Waals surface area contributed by atoms with Gasteiger partial charge in [0.05, 0.1) is 5.56 Å². The zero-order valence-corrected chi connectivity index (χ0v) is 18.6. The molecule has 0 amide bonds. The molecule has 0 saturated carbocycles. The van der Waals surface area contributed by atoms with Gasteiger partial charge in [0.2, 0.25) is 5.75 Å². The van der Waals surface area contributed by atoms with E-state index in [0.29, 0.717) is 30.5 Å². The summed E-state index contributed by atoms with van der Waals surface area (Å²) in [6, 6.07) is 3.90. The first-order valence-electron chi connectivity index (χ1n) is 10.8. The molecular formula is C26H17F9O. The number of hydrogen-bond donors (Lipinski definition) is 0. The van der Waals surface area contributed by atoms with Crippen LogP contribution in [0.4, 0.5) is 39.5 Å². The van der Waals surface area contributed by atoms with Gasteiger partial charge in [-0.1, -0.05) is 19.4 Å². The number of benzene rings is 3. The summed E-state index contributed by atoms with van der Waals surface area (Å²) < 4.78 is 128. The third-order valence-corrected chi connectivity index (χ3v) is 5.79. The molecule has 4 rings (SSSR count). The number of aryl methyl sites for hydroxylation is 1. The van der Waals surface area contributed by atoms with E-state index in [9.17, 15) is 35.1 Å². The topological polar surface area (TPSA) is 9.23 Å². The van der Waals surface area contributed by atoms with Gasteiger partial charge in [-0.3, -0.25) is 0 Å². The van der Waals surface area contributed by atoms with Crippen molar-refractivity contribution >= 4 is 11.6 Å². The predicted octanol–water partition coefficient (Wildman–Crippen LogP) is 8.53. The molecule has 36 heavy (non-hydrogen) atoms.